The second-order valence-corrected chi connectivity index (χ2v) is 5.05. The van der Waals surface area contributed by atoms with E-state index in [1.165, 1.54) is 0 Å². The number of halogens is 3. The quantitative estimate of drug-likeness (QED) is 0.662. The molecule has 0 aliphatic carbocycles. The van der Waals surface area contributed by atoms with Gasteiger partial charge in [-0.25, -0.2) is 0 Å². The maximum Gasteiger partial charge on any atom is 0.147 e. The number of hydrogen-bond acceptors (Lipinski definition) is 1. The smallest absolute Gasteiger partial charge is 0.147 e. The fourth-order valence-corrected chi connectivity index (χ4v) is 2.04. The lowest BCUT2D eigenvalue weighted by atomic mass is 10.2. The van der Waals surface area contributed by atoms with Crippen molar-refractivity contribution in [1.29, 1.82) is 0 Å². The van der Waals surface area contributed by atoms with Gasteiger partial charge in [0, 0.05) is 10.4 Å². The number of alkyl halides is 1. The van der Waals surface area contributed by atoms with E-state index in [-0.39, 0.29) is 0 Å². The number of ether oxygens (including phenoxy) is 1. The zero-order chi connectivity index (χ0) is 12.3. The monoisotopic (exact) mass is 330 g/mol. The number of rotatable bonds is 3. The van der Waals surface area contributed by atoms with Gasteiger partial charge in [0.2, 0.25) is 0 Å². The van der Waals surface area contributed by atoms with Crippen molar-refractivity contribution in [3.8, 4) is 11.5 Å². The van der Waals surface area contributed by atoms with E-state index in [0.29, 0.717) is 16.7 Å². The molecule has 0 heterocycles. The van der Waals surface area contributed by atoms with E-state index in [9.17, 15) is 0 Å². The molecule has 0 radical (unpaired) electrons. The molecular formula is C13H9BrCl2O. The summed E-state index contributed by atoms with van der Waals surface area (Å²) in [7, 11) is 0. The van der Waals surface area contributed by atoms with E-state index in [1.807, 2.05) is 36.4 Å². The number of benzene rings is 2. The summed E-state index contributed by atoms with van der Waals surface area (Å²) in [6, 6.07) is 13.1. The summed E-state index contributed by atoms with van der Waals surface area (Å²) in [6.45, 7) is 0. The van der Waals surface area contributed by atoms with Crippen LogP contribution in [-0.4, -0.2) is 0 Å². The Hall–Kier alpha value is -0.700. The molecule has 2 aromatic carbocycles. The molecule has 0 atom stereocenters. The first-order valence-electron chi connectivity index (χ1n) is 4.97. The van der Waals surface area contributed by atoms with Gasteiger partial charge in [-0.05, 0) is 35.9 Å². The molecule has 0 fully saturated rings. The highest BCUT2D eigenvalue weighted by molar-refractivity contribution is 9.10. The Kier molecular flexibility index (Phi) is 4.32. The van der Waals surface area contributed by atoms with Gasteiger partial charge in [0.05, 0.1) is 5.02 Å². The molecule has 0 spiro atoms. The highest BCUT2D eigenvalue weighted by atomic mass is 79.9. The van der Waals surface area contributed by atoms with Gasteiger partial charge in [0.25, 0.3) is 0 Å². The molecule has 0 aliphatic rings. The summed E-state index contributed by atoms with van der Waals surface area (Å²) >= 11 is 15.2. The molecule has 0 aromatic heterocycles. The highest BCUT2D eigenvalue weighted by Crippen LogP contribution is 2.32. The first kappa shape index (κ1) is 12.7. The van der Waals surface area contributed by atoms with Gasteiger partial charge >= 0.3 is 0 Å². The second-order valence-electron chi connectivity index (χ2n) is 3.46. The first-order valence-corrected chi connectivity index (χ1v) is 6.67. The highest BCUT2D eigenvalue weighted by Gasteiger charge is 2.04. The van der Waals surface area contributed by atoms with E-state index >= 15 is 0 Å². The fourth-order valence-electron chi connectivity index (χ4n) is 1.37. The predicted molar refractivity (Wildman–Crippen MR) is 75.2 cm³/mol. The average molecular weight is 332 g/mol. The topological polar surface area (TPSA) is 9.23 Å². The largest absolute Gasteiger partial charge is 0.456 e. The van der Waals surface area contributed by atoms with E-state index in [0.717, 1.165) is 15.8 Å². The van der Waals surface area contributed by atoms with Crippen molar-refractivity contribution in [2.45, 2.75) is 5.88 Å². The Labute approximate surface area is 118 Å². The predicted octanol–water partition coefficient (Wildman–Crippen LogP) is 5.63. The van der Waals surface area contributed by atoms with Crippen LogP contribution in [0.5, 0.6) is 11.5 Å². The summed E-state index contributed by atoms with van der Waals surface area (Å²) in [5, 5.41) is 0.574. The van der Waals surface area contributed by atoms with Crippen molar-refractivity contribution >= 4 is 39.1 Å². The molecule has 17 heavy (non-hydrogen) atoms. The van der Waals surface area contributed by atoms with Crippen molar-refractivity contribution in [2.75, 3.05) is 0 Å². The Bertz CT molecular complexity index is 529. The molecule has 1 nitrogen and oxygen atoms in total. The Morgan fingerprint density at radius 3 is 2.71 bits per heavy atom. The minimum absolute atomic E-state index is 0.462. The van der Waals surface area contributed by atoms with E-state index in [1.54, 1.807) is 6.07 Å². The molecule has 2 rings (SSSR count). The molecule has 0 bridgehead atoms. The Balaban J connectivity index is 2.27. The standard InChI is InChI=1S/C13H9BrCl2O/c14-10-4-5-12(16)13(7-10)17-11-3-1-2-9(6-11)8-15/h1-7H,8H2. The number of hydrogen-bond donors (Lipinski definition) is 0. The van der Waals surface area contributed by atoms with Gasteiger partial charge in [0.15, 0.2) is 0 Å². The average Bonchev–Trinajstić information content (AvgIpc) is 2.34. The molecular weight excluding hydrogens is 323 g/mol. The molecule has 88 valence electrons. The normalized spacial score (nSPS) is 10.3. The lowest BCUT2D eigenvalue weighted by molar-refractivity contribution is 0.482. The third-order valence-electron chi connectivity index (χ3n) is 2.17. The maximum atomic E-state index is 6.05. The third kappa shape index (κ3) is 3.38. The van der Waals surface area contributed by atoms with Gasteiger partial charge in [-0.2, -0.15) is 0 Å². The zero-order valence-electron chi connectivity index (χ0n) is 8.79. The fraction of sp³-hybridized carbons (Fsp3) is 0.0769. The van der Waals surface area contributed by atoms with Crippen LogP contribution in [0, 0.1) is 0 Å². The lowest BCUT2D eigenvalue weighted by Crippen LogP contribution is -1.87. The van der Waals surface area contributed by atoms with Crippen LogP contribution in [0.3, 0.4) is 0 Å². The van der Waals surface area contributed by atoms with Gasteiger partial charge < -0.3 is 4.74 Å². The lowest BCUT2D eigenvalue weighted by Gasteiger charge is -2.08. The minimum Gasteiger partial charge on any atom is -0.456 e. The van der Waals surface area contributed by atoms with Crippen LogP contribution in [0.2, 0.25) is 5.02 Å². The van der Waals surface area contributed by atoms with Gasteiger partial charge in [-0.1, -0.05) is 39.7 Å². The van der Waals surface area contributed by atoms with Gasteiger partial charge in [-0.15, -0.1) is 11.6 Å². The molecule has 0 unspecified atom stereocenters. The summed E-state index contributed by atoms with van der Waals surface area (Å²) in [5.41, 5.74) is 1.01. The van der Waals surface area contributed by atoms with Crippen LogP contribution in [0.25, 0.3) is 0 Å². The Morgan fingerprint density at radius 1 is 1.12 bits per heavy atom. The Morgan fingerprint density at radius 2 is 1.94 bits per heavy atom. The van der Waals surface area contributed by atoms with Crippen LogP contribution in [-0.2, 0) is 5.88 Å². The van der Waals surface area contributed by atoms with E-state index in [2.05, 4.69) is 15.9 Å². The van der Waals surface area contributed by atoms with Crippen LogP contribution < -0.4 is 4.74 Å². The van der Waals surface area contributed by atoms with Crippen LogP contribution in [0.4, 0.5) is 0 Å². The molecule has 0 N–H and O–H groups in total. The maximum absolute atomic E-state index is 6.05. The molecule has 0 aliphatic heterocycles. The van der Waals surface area contributed by atoms with Crippen molar-refractivity contribution in [3.63, 3.8) is 0 Å². The molecule has 0 amide bonds. The summed E-state index contributed by atoms with van der Waals surface area (Å²) in [4.78, 5) is 0. The molecule has 4 heteroatoms. The van der Waals surface area contributed by atoms with Crippen molar-refractivity contribution in [1.82, 2.24) is 0 Å². The summed E-state index contributed by atoms with van der Waals surface area (Å²) in [5.74, 6) is 1.81. The zero-order valence-corrected chi connectivity index (χ0v) is 11.9. The van der Waals surface area contributed by atoms with Crippen molar-refractivity contribution in [3.05, 3.63) is 57.5 Å². The molecule has 2 aromatic rings. The van der Waals surface area contributed by atoms with E-state index in [4.69, 9.17) is 27.9 Å². The van der Waals surface area contributed by atoms with Crippen molar-refractivity contribution in [2.24, 2.45) is 0 Å². The first-order chi connectivity index (χ1) is 8.19. The summed E-state index contributed by atoms with van der Waals surface area (Å²) in [6.07, 6.45) is 0. The van der Waals surface area contributed by atoms with Crippen LogP contribution in [0.15, 0.2) is 46.9 Å². The van der Waals surface area contributed by atoms with Crippen LogP contribution >= 0.6 is 39.1 Å². The van der Waals surface area contributed by atoms with Gasteiger partial charge in [0.1, 0.15) is 11.5 Å². The minimum atomic E-state index is 0.462. The summed E-state index contributed by atoms with van der Waals surface area (Å²) < 4.78 is 6.63. The van der Waals surface area contributed by atoms with E-state index < -0.39 is 0 Å². The second kappa shape index (κ2) is 5.76. The van der Waals surface area contributed by atoms with Gasteiger partial charge in [-0.3, -0.25) is 0 Å². The molecule has 0 saturated carbocycles. The molecule has 0 saturated heterocycles. The van der Waals surface area contributed by atoms with Crippen LogP contribution in [0.1, 0.15) is 5.56 Å². The third-order valence-corrected chi connectivity index (χ3v) is 3.29. The SMILES string of the molecule is ClCc1cccc(Oc2cc(Br)ccc2Cl)c1. The van der Waals surface area contributed by atoms with Crippen molar-refractivity contribution < 1.29 is 4.74 Å².